The van der Waals surface area contributed by atoms with Gasteiger partial charge in [0.15, 0.2) is 0 Å². The minimum Gasteiger partial charge on any atom is -0.497 e. The van der Waals surface area contributed by atoms with Gasteiger partial charge in [0.05, 0.1) is 13.2 Å². The first-order valence-corrected chi connectivity index (χ1v) is 5.54. The van der Waals surface area contributed by atoms with Gasteiger partial charge in [0, 0.05) is 11.1 Å². The zero-order chi connectivity index (χ0) is 11.4. The Bertz CT molecular complexity index is 337. The second-order valence-corrected chi connectivity index (χ2v) is 4.18. The van der Waals surface area contributed by atoms with Crippen molar-refractivity contribution in [2.24, 2.45) is 0 Å². The van der Waals surface area contributed by atoms with Crippen LogP contribution < -0.4 is 4.74 Å². The van der Waals surface area contributed by atoms with E-state index in [2.05, 4.69) is 15.9 Å². The lowest BCUT2D eigenvalue weighted by atomic mass is 10.0. The Hall–Kier alpha value is -0.580. The molecular weight excluding hydrogens is 260 g/mol. The number of aliphatic hydroxyl groups is 2. The maximum Gasteiger partial charge on any atom is 0.120 e. The maximum absolute atomic E-state index is 9.62. The molecule has 1 rings (SSSR count). The number of ether oxygens (including phenoxy) is 1. The Balaban J connectivity index is 3.22. The summed E-state index contributed by atoms with van der Waals surface area (Å²) in [5.74, 6) is 0.694. The van der Waals surface area contributed by atoms with Crippen LogP contribution in [0.4, 0.5) is 0 Å². The number of methoxy groups -OCH3 is 1. The van der Waals surface area contributed by atoms with Crippen LogP contribution >= 0.6 is 15.9 Å². The summed E-state index contributed by atoms with van der Waals surface area (Å²) in [6.07, 6.45) is -0.0527. The minimum absolute atomic E-state index is 0.0602. The van der Waals surface area contributed by atoms with Gasteiger partial charge in [-0.25, -0.2) is 0 Å². The quantitative estimate of drug-likeness (QED) is 0.884. The van der Waals surface area contributed by atoms with Crippen molar-refractivity contribution in [3.8, 4) is 5.75 Å². The SMILES string of the molecule is COc1cc(Br)c(CCO)c(C(C)O)c1. The van der Waals surface area contributed by atoms with E-state index in [1.165, 1.54) is 0 Å². The second-order valence-electron chi connectivity index (χ2n) is 3.33. The third-order valence-electron chi connectivity index (χ3n) is 2.25. The molecule has 1 atom stereocenters. The van der Waals surface area contributed by atoms with E-state index in [0.717, 1.165) is 15.6 Å². The molecule has 0 amide bonds. The highest BCUT2D eigenvalue weighted by Gasteiger charge is 2.13. The summed E-state index contributed by atoms with van der Waals surface area (Å²) in [7, 11) is 1.58. The van der Waals surface area contributed by atoms with Crippen molar-refractivity contribution < 1.29 is 14.9 Å². The average Bonchev–Trinajstić information content (AvgIpc) is 2.20. The number of benzene rings is 1. The van der Waals surface area contributed by atoms with Crippen LogP contribution in [0.2, 0.25) is 0 Å². The number of rotatable bonds is 4. The summed E-state index contributed by atoms with van der Waals surface area (Å²) in [4.78, 5) is 0. The molecule has 0 radical (unpaired) electrons. The van der Waals surface area contributed by atoms with Gasteiger partial charge in [0.1, 0.15) is 5.75 Å². The van der Waals surface area contributed by atoms with Gasteiger partial charge in [-0.05, 0) is 36.6 Å². The van der Waals surface area contributed by atoms with E-state index in [1.807, 2.05) is 6.07 Å². The van der Waals surface area contributed by atoms with Crippen LogP contribution in [0.1, 0.15) is 24.2 Å². The fraction of sp³-hybridized carbons (Fsp3) is 0.455. The first-order valence-electron chi connectivity index (χ1n) is 4.75. The van der Waals surface area contributed by atoms with Gasteiger partial charge in [-0.3, -0.25) is 0 Å². The third kappa shape index (κ3) is 2.93. The Morgan fingerprint density at radius 2 is 2.13 bits per heavy atom. The van der Waals surface area contributed by atoms with Crippen molar-refractivity contribution in [3.05, 3.63) is 27.7 Å². The fourth-order valence-corrected chi connectivity index (χ4v) is 2.15. The largest absolute Gasteiger partial charge is 0.497 e. The second kappa shape index (κ2) is 5.49. The minimum atomic E-state index is -0.571. The first kappa shape index (κ1) is 12.5. The smallest absolute Gasteiger partial charge is 0.120 e. The molecule has 0 bridgehead atoms. The molecule has 0 aliphatic carbocycles. The highest BCUT2D eigenvalue weighted by molar-refractivity contribution is 9.10. The lowest BCUT2D eigenvalue weighted by molar-refractivity contribution is 0.196. The maximum atomic E-state index is 9.62. The molecule has 0 saturated heterocycles. The molecule has 0 spiro atoms. The third-order valence-corrected chi connectivity index (χ3v) is 2.96. The van der Waals surface area contributed by atoms with Crippen molar-refractivity contribution in [2.75, 3.05) is 13.7 Å². The lowest BCUT2D eigenvalue weighted by Gasteiger charge is -2.15. The predicted molar refractivity (Wildman–Crippen MR) is 62.1 cm³/mol. The van der Waals surface area contributed by atoms with Crippen LogP contribution in [0.15, 0.2) is 16.6 Å². The zero-order valence-electron chi connectivity index (χ0n) is 8.83. The Kier molecular flexibility index (Phi) is 4.57. The van der Waals surface area contributed by atoms with Gasteiger partial charge in [0.25, 0.3) is 0 Å². The van der Waals surface area contributed by atoms with Gasteiger partial charge in [0.2, 0.25) is 0 Å². The van der Waals surface area contributed by atoms with Crippen LogP contribution in [0.25, 0.3) is 0 Å². The van der Waals surface area contributed by atoms with E-state index in [-0.39, 0.29) is 6.61 Å². The van der Waals surface area contributed by atoms with Crippen molar-refractivity contribution in [1.82, 2.24) is 0 Å². The Morgan fingerprint density at radius 3 is 2.60 bits per heavy atom. The van der Waals surface area contributed by atoms with Gasteiger partial charge in [-0.1, -0.05) is 15.9 Å². The van der Waals surface area contributed by atoms with Crippen LogP contribution in [0.5, 0.6) is 5.75 Å². The molecule has 0 aliphatic rings. The summed E-state index contributed by atoms with van der Waals surface area (Å²) in [5, 5.41) is 18.6. The van der Waals surface area contributed by atoms with E-state index >= 15 is 0 Å². The topological polar surface area (TPSA) is 49.7 Å². The van der Waals surface area contributed by atoms with Gasteiger partial charge in [-0.15, -0.1) is 0 Å². The normalized spacial score (nSPS) is 12.6. The molecule has 0 heterocycles. The van der Waals surface area contributed by atoms with Crippen LogP contribution in [0, 0.1) is 0 Å². The van der Waals surface area contributed by atoms with Gasteiger partial charge in [-0.2, -0.15) is 0 Å². The molecular formula is C11H15BrO3. The number of hydrogen-bond donors (Lipinski definition) is 2. The summed E-state index contributed by atoms with van der Waals surface area (Å²) in [6.45, 7) is 1.76. The van der Waals surface area contributed by atoms with Gasteiger partial charge < -0.3 is 14.9 Å². The summed E-state index contributed by atoms with van der Waals surface area (Å²) < 4.78 is 5.97. The monoisotopic (exact) mass is 274 g/mol. The molecule has 1 aromatic rings. The molecule has 84 valence electrons. The molecule has 1 aromatic carbocycles. The molecule has 2 N–H and O–H groups in total. The number of aliphatic hydroxyl groups excluding tert-OH is 2. The summed E-state index contributed by atoms with van der Waals surface area (Å²) >= 11 is 3.41. The fourth-order valence-electron chi connectivity index (χ4n) is 1.50. The van der Waals surface area contributed by atoms with Crippen molar-refractivity contribution >= 4 is 15.9 Å². The molecule has 4 heteroatoms. The van der Waals surface area contributed by atoms with E-state index in [9.17, 15) is 5.11 Å². The van der Waals surface area contributed by atoms with Crippen molar-refractivity contribution in [2.45, 2.75) is 19.4 Å². The highest BCUT2D eigenvalue weighted by atomic mass is 79.9. The number of halogens is 1. The van der Waals surface area contributed by atoms with Gasteiger partial charge >= 0.3 is 0 Å². The van der Waals surface area contributed by atoms with E-state index in [0.29, 0.717) is 12.2 Å². The first-order chi connectivity index (χ1) is 7.10. The van der Waals surface area contributed by atoms with E-state index < -0.39 is 6.10 Å². The van der Waals surface area contributed by atoms with Crippen molar-refractivity contribution in [3.63, 3.8) is 0 Å². The predicted octanol–water partition coefficient (Wildman–Crippen LogP) is 2.05. The summed E-state index contributed by atoms with van der Waals surface area (Å²) in [6, 6.07) is 3.62. The Morgan fingerprint density at radius 1 is 1.47 bits per heavy atom. The van der Waals surface area contributed by atoms with Crippen molar-refractivity contribution in [1.29, 1.82) is 0 Å². The molecule has 3 nitrogen and oxygen atoms in total. The average molecular weight is 275 g/mol. The van der Waals surface area contributed by atoms with E-state index in [1.54, 1.807) is 20.1 Å². The van der Waals surface area contributed by atoms with Crippen LogP contribution in [-0.2, 0) is 6.42 Å². The summed E-state index contributed by atoms with van der Waals surface area (Å²) in [5.41, 5.74) is 1.71. The standard InChI is InChI=1S/C11H15BrO3/c1-7(14)10-5-8(15-2)6-11(12)9(10)3-4-13/h5-7,13-14H,3-4H2,1-2H3. The zero-order valence-corrected chi connectivity index (χ0v) is 10.4. The molecule has 0 aromatic heterocycles. The molecule has 1 unspecified atom stereocenters. The molecule has 15 heavy (non-hydrogen) atoms. The lowest BCUT2D eigenvalue weighted by Crippen LogP contribution is -2.03. The molecule has 0 aliphatic heterocycles. The number of hydrogen-bond acceptors (Lipinski definition) is 3. The highest BCUT2D eigenvalue weighted by Crippen LogP contribution is 2.31. The Labute approximate surface area is 97.8 Å². The molecule has 0 saturated carbocycles. The van der Waals surface area contributed by atoms with Crippen LogP contribution in [0.3, 0.4) is 0 Å². The van der Waals surface area contributed by atoms with E-state index in [4.69, 9.17) is 9.84 Å². The molecule has 0 fully saturated rings. The van der Waals surface area contributed by atoms with Crippen LogP contribution in [-0.4, -0.2) is 23.9 Å².